The molecule has 0 saturated carbocycles. The van der Waals surface area contributed by atoms with Crippen molar-refractivity contribution in [3.05, 3.63) is 103 Å². The molecule has 32 heavy (non-hydrogen) atoms. The predicted octanol–water partition coefficient (Wildman–Crippen LogP) is 6.48. The minimum atomic E-state index is 1.02. The smallest absolute Gasteiger partial charge is 0.0963 e. The number of allylic oxidation sites excluding steroid dienone is 1. The van der Waals surface area contributed by atoms with E-state index in [2.05, 4.69) is 86.9 Å². The van der Waals surface area contributed by atoms with Crippen LogP contribution >= 0.6 is 0 Å². The van der Waals surface area contributed by atoms with Crippen LogP contribution < -0.4 is 0 Å². The van der Waals surface area contributed by atoms with Crippen LogP contribution in [0.5, 0.6) is 0 Å². The van der Waals surface area contributed by atoms with Crippen LogP contribution in [0.2, 0.25) is 0 Å². The molecular weight excluding hydrogens is 392 g/mol. The number of rotatable bonds is 2. The third-order valence-electron chi connectivity index (χ3n) is 6.47. The molecule has 4 aromatic heterocycles. The first-order valence-corrected chi connectivity index (χ1v) is 11.0. The van der Waals surface area contributed by atoms with Gasteiger partial charge in [0.05, 0.1) is 27.6 Å². The Morgan fingerprint density at radius 2 is 1.38 bits per heavy atom. The zero-order chi connectivity index (χ0) is 21.1. The normalized spacial score (nSPS) is 13.2. The molecule has 6 aromatic rings. The summed E-state index contributed by atoms with van der Waals surface area (Å²) in [6.07, 6.45) is 10.3. The van der Waals surface area contributed by atoms with Crippen molar-refractivity contribution >= 4 is 39.0 Å². The average Bonchev–Trinajstić information content (AvgIpc) is 3.37. The molecule has 4 nitrogen and oxygen atoms in total. The van der Waals surface area contributed by atoms with Crippen molar-refractivity contribution in [1.29, 1.82) is 0 Å². The second kappa shape index (κ2) is 6.66. The zero-order valence-electron chi connectivity index (χ0n) is 17.4. The fourth-order valence-electron chi connectivity index (χ4n) is 5.16. The van der Waals surface area contributed by atoms with E-state index >= 15 is 0 Å². The standard InChI is InChI=1S/C28H20N4/c1-3-12-23-21(10-1)27-25(14-6-16-29-27)31(23)19-8-5-9-20(18-19)32-24-13-4-2-11-22(24)28-26(32)15-7-17-30-28/h1-3,5-12,14-18H,4,13H2. The van der Waals surface area contributed by atoms with Crippen LogP contribution in [0.15, 0.2) is 91.3 Å². The van der Waals surface area contributed by atoms with Gasteiger partial charge in [-0.05, 0) is 61.4 Å². The summed E-state index contributed by atoms with van der Waals surface area (Å²) < 4.78 is 4.70. The van der Waals surface area contributed by atoms with Gasteiger partial charge in [-0.25, -0.2) is 0 Å². The van der Waals surface area contributed by atoms with E-state index in [1.165, 1.54) is 22.2 Å². The highest BCUT2D eigenvalue weighted by Crippen LogP contribution is 2.35. The highest BCUT2D eigenvalue weighted by atomic mass is 15.0. The topological polar surface area (TPSA) is 35.6 Å². The molecule has 152 valence electrons. The molecule has 0 saturated heterocycles. The Labute approximate surface area is 185 Å². The van der Waals surface area contributed by atoms with Crippen molar-refractivity contribution in [2.75, 3.05) is 0 Å². The quantitative estimate of drug-likeness (QED) is 0.326. The van der Waals surface area contributed by atoms with Crippen molar-refractivity contribution in [2.24, 2.45) is 0 Å². The lowest BCUT2D eigenvalue weighted by Gasteiger charge is -2.15. The maximum atomic E-state index is 4.71. The fraction of sp³-hybridized carbons (Fsp3) is 0.0714. The molecule has 7 rings (SSSR count). The van der Waals surface area contributed by atoms with Gasteiger partial charge in [-0.15, -0.1) is 0 Å². The second-order valence-corrected chi connectivity index (χ2v) is 8.25. The molecule has 0 radical (unpaired) electrons. The van der Waals surface area contributed by atoms with Gasteiger partial charge in [0.2, 0.25) is 0 Å². The molecule has 1 aliphatic rings. The molecule has 2 aromatic carbocycles. The van der Waals surface area contributed by atoms with Gasteiger partial charge in [0, 0.05) is 40.4 Å². The van der Waals surface area contributed by atoms with Gasteiger partial charge in [-0.3, -0.25) is 9.97 Å². The molecule has 0 N–H and O–H groups in total. The highest BCUT2D eigenvalue weighted by Gasteiger charge is 2.20. The monoisotopic (exact) mass is 412 g/mol. The number of hydrogen-bond acceptors (Lipinski definition) is 2. The Balaban J connectivity index is 1.53. The van der Waals surface area contributed by atoms with E-state index in [4.69, 9.17) is 4.98 Å². The van der Waals surface area contributed by atoms with E-state index in [1.807, 2.05) is 24.5 Å². The molecule has 0 aliphatic heterocycles. The first kappa shape index (κ1) is 17.5. The molecule has 0 amide bonds. The van der Waals surface area contributed by atoms with Crippen LogP contribution in [0.1, 0.15) is 17.7 Å². The molecular formula is C28H20N4. The first-order valence-electron chi connectivity index (χ1n) is 11.0. The Kier molecular flexibility index (Phi) is 3.64. The molecule has 0 bridgehead atoms. The molecule has 0 unspecified atom stereocenters. The number of nitrogens with zero attached hydrogens (tertiary/aromatic N) is 4. The van der Waals surface area contributed by atoms with Gasteiger partial charge in [-0.2, -0.15) is 0 Å². The van der Waals surface area contributed by atoms with Gasteiger partial charge in [0.15, 0.2) is 0 Å². The summed E-state index contributed by atoms with van der Waals surface area (Å²) in [5.41, 5.74) is 10.4. The van der Waals surface area contributed by atoms with Crippen molar-refractivity contribution in [1.82, 2.24) is 19.1 Å². The lowest BCUT2D eigenvalue weighted by Crippen LogP contribution is -2.04. The summed E-state index contributed by atoms with van der Waals surface area (Å²) in [4.78, 5) is 9.39. The molecule has 4 heterocycles. The number of fused-ring (bicyclic) bond motifs is 6. The summed E-state index contributed by atoms with van der Waals surface area (Å²) in [5.74, 6) is 0. The second-order valence-electron chi connectivity index (χ2n) is 8.25. The van der Waals surface area contributed by atoms with Gasteiger partial charge >= 0.3 is 0 Å². The lowest BCUT2D eigenvalue weighted by molar-refractivity contribution is 0.887. The Morgan fingerprint density at radius 1 is 0.656 bits per heavy atom. The minimum absolute atomic E-state index is 1.02. The zero-order valence-corrected chi connectivity index (χ0v) is 17.4. The number of aromatic nitrogens is 4. The van der Waals surface area contributed by atoms with Crippen LogP contribution in [0, 0.1) is 0 Å². The van der Waals surface area contributed by atoms with Crippen molar-refractivity contribution in [2.45, 2.75) is 12.8 Å². The summed E-state index contributed by atoms with van der Waals surface area (Å²) in [6.45, 7) is 0. The summed E-state index contributed by atoms with van der Waals surface area (Å²) in [7, 11) is 0. The third-order valence-corrected chi connectivity index (χ3v) is 6.47. The van der Waals surface area contributed by atoms with Gasteiger partial charge in [-0.1, -0.05) is 36.4 Å². The largest absolute Gasteiger partial charge is 0.311 e. The number of para-hydroxylation sites is 1. The van der Waals surface area contributed by atoms with Crippen molar-refractivity contribution < 1.29 is 0 Å². The van der Waals surface area contributed by atoms with Crippen LogP contribution in [-0.4, -0.2) is 19.1 Å². The SMILES string of the molecule is C1=Cc2c(n(-c3cccc(-n4c5ccccc5c5ncccc54)c3)c3cccnc23)CC1. The van der Waals surface area contributed by atoms with Crippen LogP contribution in [0.4, 0.5) is 0 Å². The summed E-state index contributed by atoms with van der Waals surface area (Å²) in [5, 5.41) is 1.17. The van der Waals surface area contributed by atoms with Crippen molar-refractivity contribution in [3.8, 4) is 11.4 Å². The summed E-state index contributed by atoms with van der Waals surface area (Å²) >= 11 is 0. The van der Waals surface area contributed by atoms with E-state index < -0.39 is 0 Å². The summed E-state index contributed by atoms with van der Waals surface area (Å²) in [6, 6.07) is 25.7. The molecule has 0 atom stereocenters. The maximum Gasteiger partial charge on any atom is 0.0963 e. The van der Waals surface area contributed by atoms with Crippen LogP contribution in [0.3, 0.4) is 0 Å². The van der Waals surface area contributed by atoms with Gasteiger partial charge in [0.25, 0.3) is 0 Å². The van der Waals surface area contributed by atoms with E-state index in [-0.39, 0.29) is 0 Å². The number of pyridine rings is 2. The van der Waals surface area contributed by atoms with Gasteiger partial charge in [0.1, 0.15) is 0 Å². The van der Waals surface area contributed by atoms with E-state index in [9.17, 15) is 0 Å². The van der Waals surface area contributed by atoms with E-state index in [1.54, 1.807) is 0 Å². The molecule has 4 heteroatoms. The highest BCUT2D eigenvalue weighted by molar-refractivity contribution is 6.07. The Morgan fingerprint density at radius 3 is 2.25 bits per heavy atom. The number of benzene rings is 2. The average molecular weight is 412 g/mol. The van der Waals surface area contributed by atoms with E-state index in [0.29, 0.717) is 0 Å². The van der Waals surface area contributed by atoms with Crippen LogP contribution in [0.25, 0.3) is 50.4 Å². The minimum Gasteiger partial charge on any atom is -0.311 e. The number of hydrogen-bond donors (Lipinski definition) is 0. The Bertz CT molecular complexity index is 1630. The first-order chi connectivity index (χ1) is 15.9. The third kappa shape index (κ3) is 2.38. The molecule has 0 spiro atoms. The fourth-order valence-corrected chi connectivity index (χ4v) is 5.16. The molecule has 0 fully saturated rings. The lowest BCUT2D eigenvalue weighted by atomic mass is 10.0. The van der Waals surface area contributed by atoms with Gasteiger partial charge < -0.3 is 9.13 Å². The maximum absolute atomic E-state index is 4.71. The molecule has 1 aliphatic carbocycles. The Hall–Kier alpha value is -4.18. The predicted molar refractivity (Wildman–Crippen MR) is 131 cm³/mol. The van der Waals surface area contributed by atoms with Crippen LogP contribution in [-0.2, 0) is 6.42 Å². The van der Waals surface area contributed by atoms with Crippen molar-refractivity contribution in [3.63, 3.8) is 0 Å². The van der Waals surface area contributed by atoms with E-state index in [0.717, 1.165) is 46.3 Å².